The maximum Gasteiger partial charge on any atom is 0.415 e. The van der Waals surface area contributed by atoms with E-state index in [2.05, 4.69) is 0 Å². The number of carbonyl (C=O) groups is 1. The molecule has 32 heavy (non-hydrogen) atoms. The topological polar surface area (TPSA) is 49.8 Å². The average Bonchev–Trinajstić information content (AvgIpc) is 2.74. The fourth-order valence-corrected chi connectivity index (χ4v) is 4.53. The Kier molecular flexibility index (Phi) is 5.79. The molecule has 0 unspecified atom stereocenters. The molecule has 0 aliphatic carbocycles. The van der Waals surface area contributed by atoms with Crippen LogP contribution in [0.4, 0.5) is 4.79 Å². The van der Waals surface area contributed by atoms with Gasteiger partial charge in [0.25, 0.3) is 0 Å². The van der Waals surface area contributed by atoms with Gasteiger partial charge in [0.1, 0.15) is 11.5 Å². The maximum atomic E-state index is 13.3. The zero-order chi connectivity index (χ0) is 23.0. The molecular formula is C28H29NO3. The molecule has 0 aliphatic rings. The number of ether oxygens (including phenoxy) is 1. The smallest absolute Gasteiger partial charge is 0.415 e. The fourth-order valence-electron chi connectivity index (χ4n) is 4.53. The van der Waals surface area contributed by atoms with Crippen molar-refractivity contribution >= 4 is 27.6 Å². The number of hydrogen-bond acceptors (Lipinski definition) is 3. The Hall–Kier alpha value is -3.53. The second-order valence-electron chi connectivity index (χ2n) is 8.76. The number of fused-ring (bicyclic) bond motifs is 2. The Morgan fingerprint density at radius 3 is 2.00 bits per heavy atom. The van der Waals surface area contributed by atoms with Crippen LogP contribution >= 0.6 is 0 Å². The van der Waals surface area contributed by atoms with Gasteiger partial charge in [0, 0.05) is 23.2 Å². The summed E-state index contributed by atoms with van der Waals surface area (Å²) < 4.78 is 6.10. The van der Waals surface area contributed by atoms with E-state index < -0.39 is 6.09 Å². The summed E-state index contributed by atoms with van der Waals surface area (Å²) in [6.45, 7) is 9.85. The predicted molar refractivity (Wildman–Crippen MR) is 131 cm³/mol. The number of aryl methyl sites for hydroxylation is 1. The van der Waals surface area contributed by atoms with Gasteiger partial charge in [0.2, 0.25) is 0 Å². The minimum atomic E-state index is -0.394. The first-order valence-corrected chi connectivity index (χ1v) is 11.0. The first-order chi connectivity index (χ1) is 15.3. The normalized spacial score (nSPS) is 11.5. The van der Waals surface area contributed by atoms with Crippen LogP contribution in [0, 0.1) is 6.92 Å². The van der Waals surface area contributed by atoms with E-state index in [4.69, 9.17) is 4.74 Å². The third kappa shape index (κ3) is 3.77. The monoisotopic (exact) mass is 427 g/mol. The molecule has 0 saturated heterocycles. The summed E-state index contributed by atoms with van der Waals surface area (Å²) in [5.74, 6) is 0.632. The van der Waals surface area contributed by atoms with Gasteiger partial charge in [-0.3, -0.25) is 0 Å². The molecule has 164 valence electrons. The van der Waals surface area contributed by atoms with Gasteiger partial charge in [-0.25, -0.2) is 4.79 Å². The lowest BCUT2D eigenvalue weighted by atomic mass is 9.90. The minimum absolute atomic E-state index is 0.00216. The summed E-state index contributed by atoms with van der Waals surface area (Å²) in [6.07, 6.45) is -0.394. The Balaban J connectivity index is 2.03. The first kappa shape index (κ1) is 21.7. The lowest BCUT2D eigenvalue weighted by molar-refractivity contribution is 0.122. The summed E-state index contributed by atoms with van der Waals surface area (Å²) in [5.41, 5.74) is 2.24. The van der Waals surface area contributed by atoms with Gasteiger partial charge in [0.05, 0.1) is 0 Å². The van der Waals surface area contributed by atoms with Crippen LogP contribution in [0.15, 0.2) is 66.7 Å². The van der Waals surface area contributed by atoms with Crippen LogP contribution in [0.1, 0.15) is 33.3 Å². The average molecular weight is 428 g/mol. The third-order valence-electron chi connectivity index (χ3n) is 5.86. The van der Waals surface area contributed by atoms with Crippen molar-refractivity contribution in [2.45, 2.75) is 46.7 Å². The number of aromatic hydroxyl groups is 1. The molecular weight excluding hydrogens is 398 g/mol. The number of rotatable bonds is 4. The molecule has 0 aromatic heterocycles. The molecule has 0 bridgehead atoms. The summed E-state index contributed by atoms with van der Waals surface area (Å²) in [7, 11) is 0. The Morgan fingerprint density at radius 1 is 0.812 bits per heavy atom. The molecule has 4 aromatic carbocycles. The van der Waals surface area contributed by atoms with E-state index in [9.17, 15) is 9.90 Å². The van der Waals surface area contributed by atoms with E-state index >= 15 is 0 Å². The van der Waals surface area contributed by atoms with Crippen LogP contribution in [0.3, 0.4) is 0 Å². The first-order valence-electron chi connectivity index (χ1n) is 11.0. The van der Waals surface area contributed by atoms with Crippen molar-refractivity contribution in [1.82, 2.24) is 4.90 Å². The second-order valence-corrected chi connectivity index (χ2v) is 8.76. The van der Waals surface area contributed by atoms with E-state index in [-0.39, 0.29) is 17.8 Å². The van der Waals surface area contributed by atoms with Crippen molar-refractivity contribution in [2.75, 3.05) is 0 Å². The van der Waals surface area contributed by atoms with E-state index in [1.807, 2.05) is 95.3 Å². The summed E-state index contributed by atoms with van der Waals surface area (Å²) in [5, 5.41) is 14.9. The quantitative estimate of drug-likeness (QED) is 0.372. The van der Waals surface area contributed by atoms with E-state index in [1.165, 1.54) is 0 Å². The third-order valence-corrected chi connectivity index (χ3v) is 5.86. The van der Waals surface area contributed by atoms with Crippen LogP contribution in [0.2, 0.25) is 0 Å². The van der Waals surface area contributed by atoms with Gasteiger partial charge in [-0.05, 0) is 73.9 Å². The molecule has 1 N–H and O–H groups in total. The highest BCUT2D eigenvalue weighted by Crippen LogP contribution is 2.46. The van der Waals surface area contributed by atoms with E-state index in [0.29, 0.717) is 11.3 Å². The van der Waals surface area contributed by atoms with Gasteiger partial charge >= 0.3 is 6.09 Å². The molecule has 0 atom stereocenters. The molecule has 0 fully saturated rings. The standard InChI is InChI=1S/C28H29NO3/c1-17(2)29(18(3)4)28(31)32-27-19(5)16-21-11-7-9-13-23(21)26(27)25-22-12-8-6-10-20(22)14-15-24(25)30/h6-18,30H,1-5H3. The number of hydrogen-bond donors (Lipinski definition) is 1. The highest BCUT2D eigenvalue weighted by molar-refractivity contribution is 6.10. The van der Waals surface area contributed by atoms with Crippen LogP contribution in [0.5, 0.6) is 11.5 Å². The van der Waals surface area contributed by atoms with Gasteiger partial charge in [0.15, 0.2) is 0 Å². The summed E-state index contributed by atoms with van der Waals surface area (Å²) >= 11 is 0. The molecule has 4 rings (SSSR count). The molecule has 0 radical (unpaired) electrons. The van der Waals surface area contributed by atoms with Gasteiger partial charge in [-0.1, -0.05) is 54.6 Å². The maximum absolute atomic E-state index is 13.3. The number of carbonyl (C=O) groups excluding carboxylic acids is 1. The van der Waals surface area contributed by atoms with Crippen molar-refractivity contribution in [3.8, 4) is 22.6 Å². The highest BCUT2D eigenvalue weighted by Gasteiger charge is 2.26. The van der Waals surface area contributed by atoms with Crippen LogP contribution in [-0.2, 0) is 0 Å². The SMILES string of the molecule is Cc1cc2ccccc2c(-c2c(O)ccc3ccccc23)c1OC(=O)N(C(C)C)C(C)C. The predicted octanol–water partition coefficient (Wildman–Crippen LogP) is 7.29. The Bertz CT molecular complexity index is 1300. The van der Waals surface area contributed by atoms with Crippen molar-refractivity contribution < 1.29 is 14.6 Å². The van der Waals surface area contributed by atoms with Crippen molar-refractivity contribution in [3.63, 3.8) is 0 Å². The molecule has 4 nitrogen and oxygen atoms in total. The van der Waals surface area contributed by atoms with E-state index in [1.54, 1.807) is 11.0 Å². The molecule has 0 spiro atoms. The van der Waals surface area contributed by atoms with Crippen LogP contribution < -0.4 is 4.74 Å². The Labute approximate surface area is 189 Å². The van der Waals surface area contributed by atoms with Gasteiger partial charge in [-0.2, -0.15) is 0 Å². The number of phenols is 1. The lowest BCUT2D eigenvalue weighted by Gasteiger charge is -2.30. The highest BCUT2D eigenvalue weighted by atomic mass is 16.6. The van der Waals surface area contributed by atoms with Crippen LogP contribution in [-0.4, -0.2) is 28.2 Å². The zero-order valence-corrected chi connectivity index (χ0v) is 19.2. The van der Waals surface area contributed by atoms with Gasteiger partial charge < -0.3 is 14.7 Å². The van der Waals surface area contributed by atoms with Crippen molar-refractivity contribution in [1.29, 1.82) is 0 Å². The number of benzene rings is 4. The summed E-state index contributed by atoms with van der Waals surface area (Å²) in [4.78, 5) is 15.0. The molecule has 4 heteroatoms. The number of amides is 1. The number of nitrogens with zero attached hydrogens (tertiary/aromatic N) is 1. The number of phenolic OH excluding ortho intramolecular Hbond substituents is 1. The lowest BCUT2D eigenvalue weighted by Crippen LogP contribution is -2.43. The molecule has 0 aliphatic heterocycles. The minimum Gasteiger partial charge on any atom is -0.507 e. The molecule has 1 amide bonds. The fraction of sp³-hybridized carbons (Fsp3) is 0.250. The van der Waals surface area contributed by atoms with E-state index in [0.717, 1.165) is 32.7 Å². The summed E-state index contributed by atoms with van der Waals surface area (Å²) in [6, 6.07) is 21.5. The van der Waals surface area contributed by atoms with Gasteiger partial charge in [-0.15, -0.1) is 0 Å². The molecule has 4 aromatic rings. The zero-order valence-electron chi connectivity index (χ0n) is 19.2. The van der Waals surface area contributed by atoms with Crippen molar-refractivity contribution in [3.05, 3.63) is 72.3 Å². The largest absolute Gasteiger partial charge is 0.507 e. The van der Waals surface area contributed by atoms with Crippen molar-refractivity contribution in [2.24, 2.45) is 0 Å². The molecule has 0 heterocycles. The Morgan fingerprint density at radius 2 is 1.38 bits per heavy atom. The second kappa shape index (κ2) is 8.54. The molecule has 0 saturated carbocycles. The van der Waals surface area contributed by atoms with Crippen LogP contribution in [0.25, 0.3) is 32.7 Å².